The van der Waals surface area contributed by atoms with E-state index < -0.39 is 0 Å². The lowest BCUT2D eigenvalue weighted by atomic mass is 10.0. The van der Waals surface area contributed by atoms with Gasteiger partial charge >= 0.3 is 0 Å². The zero-order valence-electron chi connectivity index (χ0n) is 37.5. The molecule has 0 radical (unpaired) electrons. The zero-order valence-corrected chi connectivity index (χ0v) is 37.5. The molecule has 0 fully saturated rings. The number of allylic oxidation sites excluding steroid dienone is 4. The maximum Gasteiger partial charge on any atom is 0.159 e. The van der Waals surface area contributed by atoms with Crippen LogP contribution in [0.15, 0.2) is 244 Å². The number of rotatable bonds is 10. The molecule has 13 rings (SSSR count). The number of benzene rings is 9. The van der Waals surface area contributed by atoms with Crippen molar-refractivity contribution in [1.29, 1.82) is 5.41 Å². The van der Waals surface area contributed by atoms with Gasteiger partial charge < -0.3 is 18.6 Å². The average Bonchev–Trinajstić information content (AvgIpc) is 4.14. The summed E-state index contributed by atoms with van der Waals surface area (Å²) < 4.78 is 13.3. The van der Waals surface area contributed by atoms with Crippen LogP contribution in [0, 0.1) is 5.41 Å². The van der Waals surface area contributed by atoms with Gasteiger partial charge in [0.1, 0.15) is 27.9 Å². The van der Waals surface area contributed by atoms with Gasteiger partial charge in [-0.1, -0.05) is 126 Å². The average molecular weight is 906 g/mol. The molecule has 0 spiro atoms. The van der Waals surface area contributed by atoms with Gasteiger partial charge in [0, 0.05) is 50.7 Å². The molecule has 0 aliphatic heterocycles. The van der Waals surface area contributed by atoms with Gasteiger partial charge in [-0.25, -0.2) is 0 Å². The third-order valence-corrected chi connectivity index (χ3v) is 12.8. The summed E-state index contributed by atoms with van der Waals surface area (Å²) in [6.45, 7) is 0. The zero-order chi connectivity index (χ0) is 46.5. The number of hydrogen-bond acceptors (Lipinski definition) is 8. The molecule has 1 aliphatic carbocycles. The molecule has 0 amide bonds. The number of fused-ring (bicyclic) bond motifs is 7. The first-order valence-electron chi connectivity index (χ1n) is 23.1. The van der Waals surface area contributed by atoms with Crippen LogP contribution in [0.25, 0.3) is 71.7 Å². The van der Waals surface area contributed by atoms with Crippen molar-refractivity contribution in [3.05, 3.63) is 231 Å². The lowest BCUT2D eigenvalue weighted by Crippen LogP contribution is -2.71. The van der Waals surface area contributed by atoms with Gasteiger partial charge in [0.2, 0.25) is 0 Å². The fraction of sp³-hybridized carbons (Fsp3) is 0. The monoisotopic (exact) mass is 905 g/mol. The van der Waals surface area contributed by atoms with Crippen LogP contribution < -0.4 is 15.2 Å². The van der Waals surface area contributed by atoms with Crippen molar-refractivity contribution in [2.45, 2.75) is 0 Å². The van der Waals surface area contributed by atoms with Gasteiger partial charge in [0.15, 0.2) is 16.9 Å². The summed E-state index contributed by atoms with van der Waals surface area (Å²) >= 11 is 0. The van der Waals surface area contributed by atoms with Gasteiger partial charge in [-0.3, -0.25) is 5.41 Å². The molecule has 70 heavy (non-hydrogen) atoms. The highest BCUT2D eigenvalue weighted by Gasteiger charge is 2.23. The summed E-state index contributed by atoms with van der Waals surface area (Å²) in [5, 5.41) is 26.8. The van der Waals surface area contributed by atoms with Crippen LogP contribution in [-0.4, -0.2) is 26.4 Å². The molecule has 0 unspecified atom stereocenters. The number of aromatic nitrogens is 3. The van der Waals surface area contributed by atoms with Gasteiger partial charge in [-0.15, -0.1) is 10.2 Å². The molecule has 0 bridgehead atoms. The molecule has 3 heterocycles. The quantitative estimate of drug-likeness (QED) is 0.0611. The second kappa shape index (κ2) is 16.9. The SMILES string of the molecule is N=C1C=CC=CC1=N[NH2+]c1cccc(N(c2ccc(-c3ccc(N(c4cccc(-n5nc6ccccc6n5)c4)c4cccc5c4oc4ccccc45)cc3)cc2)c2cccc3c2oc2ccccc23)c1. The molecule has 3 N–H and O–H groups in total. The standard InChI is InChI=1S/C60H40N8O2/c61-51-21-3-4-22-52(51)63-62-41-13-9-14-44(37-41)66(55-25-11-19-49-47-17-1-7-27-57(47)69-59(49)55)42-33-29-39(30-34-42)40-31-35-43(36-32-40)67(56-26-12-20-50-48-18-2-8-28-58(48)70-60(50)56)45-15-10-16-46(38-45)68-64-53-23-5-6-24-54(53)65-68/h1-38,61-62H/p+1. The highest BCUT2D eigenvalue weighted by Crippen LogP contribution is 2.45. The van der Waals surface area contributed by atoms with Crippen molar-refractivity contribution in [3.63, 3.8) is 0 Å². The van der Waals surface area contributed by atoms with Crippen molar-refractivity contribution in [2.24, 2.45) is 5.10 Å². The lowest BCUT2D eigenvalue weighted by molar-refractivity contribution is -0.577. The Labute approximate surface area is 401 Å². The van der Waals surface area contributed by atoms with E-state index in [9.17, 15) is 0 Å². The van der Waals surface area contributed by atoms with E-state index in [-0.39, 0.29) is 0 Å². The summed E-state index contributed by atoms with van der Waals surface area (Å²) in [5.41, 5.74) is 17.2. The molecule has 0 saturated heterocycles. The highest BCUT2D eigenvalue weighted by atomic mass is 16.3. The van der Waals surface area contributed by atoms with E-state index in [0.717, 1.165) is 112 Å². The van der Waals surface area contributed by atoms with Crippen molar-refractivity contribution < 1.29 is 14.3 Å². The van der Waals surface area contributed by atoms with Crippen molar-refractivity contribution in [3.8, 4) is 16.8 Å². The normalized spacial score (nSPS) is 13.1. The molecule has 0 atom stereocenters. The highest BCUT2D eigenvalue weighted by molar-refractivity contribution is 6.49. The number of nitrogens with two attached hydrogens (primary N) is 1. The minimum atomic E-state index is 0.378. The Hall–Kier alpha value is -9.64. The van der Waals surface area contributed by atoms with Crippen LogP contribution >= 0.6 is 0 Å². The first-order chi connectivity index (χ1) is 34.6. The Morgan fingerprint density at radius 3 is 1.54 bits per heavy atom. The summed E-state index contributed by atoms with van der Waals surface area (Å²) in [5.74, 6) is 0. The molecule has 10 nitrogen and oxygen atoms in total. The first kappa shape index (κ1) is 40.6. The largest absolute Gasteiger partial charge is 0.454 e. The first-order valence-corrected chi connectivity index (χ1v) is 23.1. The lowest BCUT2D eigenvalue weighted by Gasteiger charge is -2.26. The third kappa shape index (κ3) is 7.20. The van der Waals surface area contributed by atoms with Crippen LogP contribution in [-0.2, 0) is 0 Å². The maximum atomic E-state index is 8.33. The Kier molecular flexibility index (Phi) is 9.81. The van der Waals surface area contributed by atoms with E-state index in [1.165, 1.54) is 0 Å². The van der Waals surface area contributed by atoms with Gasteiger partial charge in [0.05, 0.1) is 28.5 Å². The van der Waals surface area contributed by atoms with Gasteiger partial charge in [-0.05, 0) is 108 Å². The Balaban J connectivity index is 0.882. The summed E-state index contributed by atoms with van der Waals surface area (Å²) in [4.78, 5) is 6.18. The Bertz CT molecular complexity index is 4050. The van der Waals surface area contributed by atoms with Crippen LogP contribution in [0.3, 0.4) is 0 Å². The number of furan rings is 2. The summed E-state index contributed by atoms with van der Waals surface area (Å²) in [7, 11) is 0. The van der Waals surface area contributed by atoms with E-state index in [1.54, 1.807) is 10.9 Å². The van der Waals surface area contributed by atoms with Crippen LogP contribution in [0.2, 0.25) is 0 Å². The van der Waals surface area contributed by atoms with E-state index in [0.29, 0.717) is 11.4 Å². The molecular weight excluding hydrogens is 865 g/mol. The number of quaternary nitrogens is 1. The summed E-state index contributed by atoms with van der Waals surface area (Å²) in [6, 6.07) is 70.8. The number of anilines is 6. The van der Waals surface area contributed by atoms with Crippen LogP contribution in [0.5, 0.6) is 0 Å². The molecule has 0 saturated carbocycles. The molecule has 9 aromatic carbocycles. The Morgan fingerprint density at radius 1 is 0.457 bits per heavy atom. The smallest absolute Gasteiger partial charge is 0.159 e. The molecule has 10 heteroatoms. The second-order valence-electron chi connectivity index (χ2n) is 17.1. The molecule has 12 aromatic rings. The number of nitrogens with zero attached hydrogens (tertiary/aromatic N) is 6. The van der Waals surface area contributed by atoms with E-state index in [1.807, 2.05) is 109 Å². The topological polar surface area (TPSA) is 116 Å². The fourth-order valence-electron chi connectivity index (χ4n) is 9.48. The minimum Gasteiger partial charge on any atom is -0.454 e. The van der Waals surface area contributed by atoms with E-state index in [2.05, 4.69) is 136 Å². The predicted molar refractivity (Wildman–Crippen MR) is 283 cm³/mol. The number of para-hydroxylation sites is 4. The molecular formula is C60H41N8O2+. The molecule has 3 aromatic heterocycles. The molecule has 332 valence electrons. The van der Waals surface area contributed by atoms with E-state index >= 15 is 0 Å². The van der Waals surface area contributed by atoms with E-state index in [4.69, 9.17) is 24.4 Å². The number of hydrogen-bond donors (Lipinski definition) is 2. The predicted octanol–water partition coefficient (Wildman–Crippen LogP) is 14.5. The van der Waals surface area contributed by atoms with Gasteiger partial charge in [0.25, 0.3) is 0 Å². The number of nitrogens with one attached hydrogen (secondary N) is 1. The maximum absolute atomic E-state index is 8.33. The second-order valence-corrected chi connectivity index (χ2v) is 17.1. The third-order valence-electron chi connectivity index (χ3n) is 12.8. The van der Waals surface area contributed by atoms with Crippen LogP contribution in [0.4, 0.5) is 39.8 Å². The molecule has 1 aliphatic rings. The van der Waals surface area contributed by atoms with Crippen LogP contribution in [0.1, 0.15) is 0 Å². The minimum absolute atomic E-state index is 0.378. The van der Waals surface area contributed by atoms with Crippen molar-refractivity contribution in [2.75, 3.05) is 9.80 Å². The van der Waals surface area contributed by atoms with Gasteiger partial charge in [-0.2, -0.15) is 10.2 Å². The fourth-order valence-corrected chi connectivity index (χ4v) is 9.48. The van der Waals surface area contributed by atoms with Crippen molar-refractivity contribution >= 4 is 106 Å². The van der Waals surface area contributed by atoms with Crippen molar-refractivity contribution in [1.82, 2.24) is 15.0 Å². The Morgan fingerprint density at radius 2 is 0.957 bits per heavy atom. The summed E-state index contributed by atoms with van der Waals surface area (Å²) in [6.07, 6.45) is 7.35.